The van der Waals surface area contributed by atoms with E-state index in [1.165, 1.54) is 0 Å². The second-order valence-electron chi connectivity index (χ2n) is 6.65. The Bertz CT molecular complexity index is 906. The second-order valence-corrected chi connectivity index (χ2v) is 8.88. The molecule has 3 rings (SSSR count). The van der Waals surface area contributed by atoms with Crippen molar-refractivity contribution < 1.29 is 17.9 Å². The predicted molar refractivity (Wildman–Crippen MR) is 103 cm³/mol. The lowest BCUT2D eigenvalue weighted by Crippen LogP contribution is -2.31. The number of sulfone groups is 1. The lowest BCUT2D eigenvalue weighted by molar-refractivity contribution is 0.252. The number of hydrogen-bond acceptors (Lipinski definition) is 5. The van der Waals surface area contributed by atoms with E-state index in [2.05, 4.69) is 15.7 Å². The molecule has 2 aromatic rings. The monoisotopic (exact) mass is 392 g/mol. The zero-order valence-corrected chi connectivity index (χ0v) is 16.3. The summed E-state index contributed by atoms with van der Waals surface area (Å²) < 4.78 is 30.2. The standard InChI is InChI=1S/C18H24N4O4S/c1-13-11-17(22(21-13)15-8-10-27(24,25)12-15)20-18(23)19-9-7-14-3-5-16(26-2)6-4-14/h3-6,11,15H,7-10,12H2,1-2H3,(H2,19,20,23)/t15-/m0/s1. The molecule has 1 aliphatic rings. The summed E-state index contributed by atoms with van der Waals surface area (Å²) in [5.74, 6) is 1.52. The summed E-state index contributed by atoms with van der Waals surface area (Å²) in [6.45, 7) is 2.29. The number of urea groups is 1. The molecule has 2 amide bonds. The van der Waals surface area contributed by atoms with E-state index in [9.17, 15) is 13.2 Å². The van der Waals surface area contributed by atoms with E-state index >= 15 is 0 Å². The van der Waals surface area contributed by atoms with Gasteiger partial charge in [-0.2, -0.15) is 5.10 Å². The van der Waals surface area contributed by atoms with E-state index in [1.807, 2.05) is 31.2 Å². The molecule has 0 radical (unpaired) electrons. The van der Waals surface area contributed by atoms with Gasteiger partial charge in [0.25, 0.3) is 0 Å². The Morgan fingerprint density at radius 2 is 2.07 bits per heavy atom. The number of aryl methyl sites for hydroxylation is 1. The highest BCUT2D eigenvalue weighted by Gasteiger charge is 2.31. The third-order valence-corrected chi connectivity index (χ3v) is 6.26. The van der Waals surface area contributed by atoms with Gasteiger partial charge in [0.05, 0.1) is 30.4 Å². The Hall–Kier alpha value is -2.55. The summed E-state index contributed by atoms with van der Waals surface area (Å²) in [6.07, 6.45) is 1.20. The van der Waals surface area contributed by atoms with E-state index < -0.39 is 9.84 Å². The quantitative estimate of drug-likeness (QED) is 0.782. The number of hydrogen-bond donors (Lipinski definition) is 2. The fraction of sp³-hybridized carbons (Fsp3) is 0.444. The average molecular weight is 392 g/mol. The largest absolute Gasteiger partial charge is 0.497 e. The summed E-state index contributed by atoms with van der Waals surface area (Å²) >= 11 is 0. The van der Waals surface area contributed by atoms with Crippen molar-refractivity contribution in [2.75, 3.05) is 30.5 Å². The van der Waals surface area contributed by atoms with Crippen LogP contribution in [0.5, 0.6) is 5.75 Å². The maximum absolute atomic E-state index is 12.2. The van der Waals surface area contributed by atoms with Gasteiger partial charge in [0, 0.05) is 12.6 Å². The van der Waals surface area contributed by atoms with Crippen LogP contribution in [-0.4, -0.2) is 49.4 Å². The smallest absolute Gasteiger partial charge is 0.320 e. The number of nitrogens with one attached hydrogen (secondary N) is 2. The molecule has 1 aromatic heterocycles. The summed E-state index contributed by atoms with van der Waals surface area (Å²) in [5.41, 5.74) is 1.82. The van der Waals surface area contributed by atoms with Crippen molar-refractivity contribution in [3.63, 3.8) is 0 Å². The first kappa shape index (κ1) is 19.2. The molecule has 0 unspecified atom stereocenters. The van der Waals surface area contributed by atoms with E-state index in [0.717, 1.165) is 17.0 Å². The number of anilines is 1. The molecule has 1 fully saturated rings. The first-order valence-electron chi connectivity index (χ1n) is 8.80. The van der Waals surface area contributed by atoms with Gasteiger partial charge in [-0.3, -0.25) is 5.32 Å². The average Bonchev–Trinajstić information content (AvgIpc) is 3.17. The van der Waals surface area contributed by atoms with E-state index in [1.54, 1.807) is 17.9 Å². The molecular formula is C18H24N4O4S. The van der Waals surface area contributed by atoms with Crippen LogP contribution in [0.3, 0.4) is 0 Å². The van der Waals surface area contributed by atoms with Crippen molar-refractivity contribution in [2.24, 2.45) is 0 Å². The molecule has 0 saturated carbocycles. The van der Waals surface area contributed by atoms with Gasteiger partial charge in [0.2, 0.25) is 0 Å². The first-order valence-corrected chi connectivity index (χ1v) is 10.6. The zero-order valence-electron chi connectivity index (χ0n) is 15.4. The highest BCUT2D eigenvalue weighted by atomic mass is 32.2. The van der Waals surface area contributed by atoms with Crippen LogP contribution in [0.1, 0.15) is 23.7 Å². The minimum absolute atomic E-state index is 0.0574. The number of amides is 2. The first-order chi connectivity index (χ1) is 12.9. The van der Waals surface area contributed by atoms with Crippen molar-refractivity contribution in [1.29, 1.82) is 0 Å². The number of carbonyl (C=O) groups excluding carboxylic acids is 1. The van der Waals surface area contributed by atoms with Gasteiger partial charge in [-0.05, 0) is 37.5 Å². The lowest BCUT2D eigenvalue weighted by atomic mass is 10.1. The van der Waals surface area contributed by atoms with Crippen LogP contribution < -0.4 is 15.4 Å². The van der Waals surface area contributed by atoms with Gasteiger partial charge in [0.1, 0.15) is 11.6 Å². The normalized spacial score (nSPS) is 18.2. The topological polar surface area (TPSA) is 102 Å². The highest BCUT2D eigenvalue weighted by molar-refractivity contribution is 7.91. The second kappa shape index (κ2) is 7.99. The number of aromatic nitrogens is 2. The third-order valence-electron chi connectivity index (χ3n) is 4.51. The Balaban J connectivity index is 1.55. The maximum atomic E-state index is 12.2. The molecule has 2 N–H and O–H groups in total. The highest BCUT2D eigenvalue weighted by Crippen LogP contribution is 2.27. The van der Waals surface area contributed by atoms with Gasteiger partial charge in [-0.15, -0.1) is 0 Å². The fourth-order valence-corrected chi connectivity index (χ4v) is 4.82. The Morgan fingerprint density at radius 1 is 1.33 bits per heavy atom. The third kappa shape index (κ3) is 5.00. The summed E-state index contributed by atoms with van der Waals surface area (Å²) in [5, 5.41) is 9.94. The molecule has 1 atom stereocenters. The van der Waals surface area contributed by atoms with E-state index in [0.29, 0.717) is 25.2 Å². The van der Waals surface area contributed by atoms with Crippen LogP contribution in [-0.2, 0) is 16.3 Å². The molecule has 0 spiro atoms. The number of carbonyl (C=O) groups is 1. The van der Waals surface area contributed by atoms with Crippen molar-refractivity contribution in [2.45, 2.75) is 25.8 Å². The van der Waals surface area contributed by atoms with Crippen molar-refractivity contribution >= 4 is 21.7 Å². The van der Waals surface area contributed by atoms with Crippen LogP contribution >= 0.6 is 0 Å². The molecule has 1 aromatic carbocycles. The van der Waals surface area contributed by atoms with Gasteiger partial charge < -0.3 is 10.1 Å². The van der Waals surface area contributed by atoms with Crippen molar-refractivity contribution in [1.82, 2.24) is 15.1 Å². The predicted octanol–water partition coefficient (Wildman–Crippen LogP) is 1.92. The molecule has 1 saturated heterocycles. The molecule has 2 heterocycles. The van der Waals surface area contributed by atoms with Gasteiger partial charge in [0.15, 0.2) is 9.84 Å². The molecule has 146 valence electrons. The number of methoxy groups -OCH3 is 1. The minimum atomic E-state index is -3.03. The van der Waals surface area contributed by atoms with Crippen LogP contribution in [0, 0.1) is 6.92 Å². The van der Waals surface area contributed by atoms with E-state index in [-0.39, 0.29) is 23.6 Å². The minimum Gasteiger partial charge on any atom is -0.497 e. The molecule has 9 heteroatoms. The Morgan fingerprint density at radius 3 is 2.70 bits per heavy atom. The van der Waals surface area contributed by atoms with Crippen molar-refractivity contribution in [3.8, 4) is 5.75 Å². The van der Waals surface area contributed by atoms with Crippen LogP contribution in [0.25, 0.3) is 0 Å². The number of benzene rings is 1. The number of ether oxygens (including phenoxy) is 1. The number of nitrogens with zero attached hydrogens (tertiary/aromatic N) is 2. The van der Waals surface area contributed by atoms with Crippen LogP contribution in [0.4, 0.5) is 10.6 Å². The van der Waals surface area contributed by atoms with Crippen LogP contribution in [0.2, 0.25) is 0 Å². The summed E-state index contributed by atoms with van der Waals surface area (Å²) in [7, 11) is -1.41. The Kier molecular flexibility index (Phi) is 5.69. The molecule has 27 heavy (non-hydrogen) atoms. The lowest BCUT2D eigenvalue weighted by Gasteiger charge is -2.14. The molecule has 8 nitrogen and oxygen atoms in total. The van der Waals surface area contributed by atoms with Gasteiger partial charge >= 0.3 is 6.03 Å². The summed E-state index contributed by atoms with van der Waals surface area (Å²) in [6, 6.07) is 8.84. The van der Waals surface area contributed by atoms with E-state index in [4.69, 9.17) is 4.74 Å². The van der Waals surface area contributed by atoms with Crippen LogP contribution in [0.15, 0.2) is 30.3 Å². The molecular weight excluding hydrogens is 368 g/mol. The molecule has 0 aliphatic carbocycles. The number of rotatable bonds is 6. The zero-order chi connectivity index (χ0) is 19.4. The molecule has 0 bridgehead atoms. The molecule has 1 aliphatic heterocycles. The Labute approximate surface area is 158 Å². The maximum Gasteiger partial charge on any atom is 0.320 e. The SMILES string of the molecule is COc1ccc(CCNC(=O)Nc2cc(C)nn2[C@H]2CCS(=O)(=O)C2)cc1. The fourth-order valence-electron chi connectivity index (χ4n) is 3.13. The van der Waals surface area contributed by atoms with Gasteiger partial charge in [-0.25, -0.2) is 17.9 Å². The summed E-state index contributed by atoms with van der Waals surface area (Å²) in [4.78, 5) is 12.2. The van der Waals surface area contributed by atoms with Crippen molar-refractivity contribution in [3.05, 3.63) is 41.6 Å². The van der Waals surface area contributed by atoms with Gasteiger partial charge in [-0.1, -0.05) is 12.1 Å².